The molecule has 1 fully saturated rings. The smallest absolute Gasteiger partial charge is 0.258 e. The summed E-state index contributed by atoms with van der Waals surface area (Å²) in [5.41, 5.74) is 7.83. The Bertz CT molecular complexity index is 939. The van der Waals surface area contributed by atoms with Gasteiger partial charge in [-0.05, 0) is 50.1 Å². The quantitative estimate of drug-likeness (QED) is 0.578. The first-order chi connectivity index (χ1) is 12.5. The van der Waals surface area contributed by atoms with Gasteiger partial charge in [0.2, 0.25) is 0 Å². The highest BCUT2D eigenvalue weighted by Crippen LogP contribution is 2.14. The number of aromatic amines is 1. The van der Waals surface area contributed by atoms with Crippen LogP contribution in [0.3, 0.4) is 0 Å². The van der Waals surface area contributed by atoms with E-state index in [4.69, 9.17) is 5.73 Å². The van der Waals surface area contributed by atoms with Crippen LogP contribution in [0.15, 0.2) is 23.0 Å². The summed E-state index contributed by atoms with van der Waals surface area (Å²) in [5, 5.41) is 15.0. The fourth-order valence-electron chi connectivity index (χ4n) is 3.57. The predicted octanol–water partition coefficient (Wildman–Crippen LogP) is 0.284. The third-order valence-electron chi connectivity index (χ3n) is 5.05. The maximum Gasteiger partial charge on any atom is 0.258 e. The largest absolute Gasteiger partial charge is 0.402 e. The Morgan fingerprint density at radius 2 is 2.15 bits per heavy atom. The van der Waals surface area contributed by atoms with Gasteiger partial charge in [0.1, 0.15) is 0 Å². The SMILES string of the molecule is C=c1/c(=C(\C)N)c(=O)[nH]c2cc(NCCCN3CCC(O)CC3)ccc12. The first-order valence-corrected chi connectivity index (χ1v) is 9.21. The summed E-state index contributed by atoms with van der Waals surface area (Å²) in [4.78, 5) is 17.5. The van der Waals surface area contributed by atoms with E-state index in [1.54, 1.807) is 6.92 Å². The number of pyridine rings is 1. The van der Waals surface area contributed by atoms with Crippen molar-refractivity contribution >= 4 is 28.9 Å². The van der Waals surface area contributed by atoms with E-state index < -0.39 is 0 Å². The molecule has 0 atom stereocenters. The van der Waals surface area contributed by atoms with Gasteiger partial charge in [-0.2, -0.15) is 0 Å². The zero-order chi connectivity index (χ0) is 18.7. The molecule has 0 radical (unpaired) electrons. The second-order valence-electron chi connectivity index (χ2n) is 7.10. The molecule has 5 N–H and O–H groups in total. The van der Waals surface area contributed by atoms with Gasteiger partial charge < -0.3 is 26.0 Å². The zero-order valence-corrected chi connectivity index (χ0v) is 15.3. The standard InChI is InChI=1S/C20H28N4O2/c1-13-17-5-4-15(12-18(17)23-20(26)19(13)14(2)21)22-8-3-9-24-10-6-16(25)7-11-24/h4-5,12,16,22,25H,1,3,6-11,21H2,2H3,(H,23,26)/b19-14-. The van der Waals surface area contributed by atoms with E-state index in [1.165, 1.54) is 0 Å². The monoisotopic (exact) mass is 356 g/mol. The number of rotatable bonds is 5. The van der Waals surface area contributed by atoms with E-state index in [9.17, 15) is 9.90 Å². The fraction of sp³-hybridized carbons (Fsp3) is 0.450. The van der Waals surface area contributed by atoms with Gasteiger partial charge in [0.15, 0.2) is 0 Å². The van der Waals surface area contributed by atoms with Gasteiger partial charge >= 0.3 is 0 Å². The van der Waals surface area contributed by atoms with Gasteiger partial charge in [-0.1, -0.05) is 12.6 Å². The lowest BCUT2D eigenvalue weighted by Gasteiger charge is -2.29. The Kier molecular flexibility index (Phi) is 5.64. The highest BCUT2D eigenvalue weighted by molar-refractivity contribution is 5.83. The molecule has 1 saturated heterocycles. The van der Waals surface area contributed by atoms with Crippen molar-refractivity contribution in [3.8, 4) is 0 Å². The van der Waals surface area contributed by atoms with E-state index in [0.717, 1.165) is 62.0 Å². The molecule has 3 rings (SSSR count). The summed E-state index contributed by atoms with van der Waals surface area (Å²) in [5.74, 6) is 0. The summed E-state index contributed by atoms with van der Waals surface area (Å²) in [6.07, 6.45) is 2.66. The maximum atomic E-state index is 12.2. The van der Waals surface area contributed by atoms with Gasteiger partial charge in [0, 0.05) is 36.4 Å². The fourth-order valence-corrected chi connectivity index (χ4v) is 3.57. The molecule has 1 aliphatic rings. The number of nitrogens with one attached hydrogen (secondary N) is 2. The molecule has 1 aliphatic heterocycles. The molecule has 1 aromatic heterocycles. The summed E-state index contributed by atoms with van der Waals surface area (Å²) < 4.78 is 0. The van der Waals surface area contributed by atoms with Gasteiger partial charge in [-0.15, -0.1) is 0 Å². The lowest BCUT2D eigenvalue weighted by molar-refractivity contribution is 0.0825. The number of fused-ring (bicyclic) bond motifs is 1. The average Bonchev–Trinajstić information content (AvgIpc) is 2.59. The number of anilines is 1. The van der Waals surface area contributed by atoms with Crippen LogP contribution in [0.2, 0.25) is 0 Å². The molecule has 0 saturated carbocycles. The lowest BCUT2D eigenvalue weighted by Crippen LogP contribution is -2.43. The van der Waals surface area contributed by atoms with Crippen LogP contribution in [0.4, 0.5) is 5.69 Å². The third kappa shape index (κ3) is 4.08. The minimum atomic E-state index is -0.202. The minimum absolute atomic E-state index is 0.122. The number of hydrogen-bond acceptors (Lipinski definition) is 5. The number of hydrogen-bond donors (Lipinski definition) is 4. The van der Waals surface area contributed by atoms with Crippen LogP contribution in [0.5, 0.6) is 0 Å². The van der Waals surface area contributed by atoms with Crippen molar-refractivity contribution in [1.29, 1.82) is 0 Å². The van der Waals surface area contributed by atoms with Gasteiger partial charge in [-0.3, -0.25) is 4.79 Å². The predicted molar refractivity (Wildman–Crippen MR) is 107 cm³/mol. The molecule has 6 heteroatoms. The molecule has 2 aromatic rings. The number of benzene rings is 1. The van der Waals surface area contributed by atoms with Crippen molar-refractivity contribution in [2.45, 2.75) is 32.3 Å². The van der Waals surface area contributed by atoms with Crippen molar-refractivity contribution in [3.63, 3.8) is 0 Å². The van der Waals surface area contributed by atoms with Crippen LogP contribution in [0.25, 0.3) is 23.2 Å². The van der Waals surface area contributed by atoms with Crippen molar-refractivity contribution < 1.29 is 5.11 Å². The number of H-pyrrole nitrogens is 1. The molecule has 0 bridgehead atoms. The lowest BCUT2D eigenvalue weighted by atomic mass is 10.1. The molecule has 26 heavy (non-hydrogen) atoms. The van der Waals surface area contributed by atoms with E-state index in [-0.39, 0.29) is 11.7 Å². The maximum absolute atomic E-state index is 12.2. The van der Waals surface area contributed by atoms with E-state index >= 15 is 0 Å². The molecule has 0 amide bonds. The van der Waals surface area contributed by atoms with Gasteiger partial charge in [-0.25, -0.2) is 0 Å². The number of piperidine rings is 1. The van der Waals surface area contributed by atoms with E-state index in [2.05, 4.69) is 21.8 Å². The number of aliphatic hydroxyl groups is 1. The van der Waals surface area contributed by atoms with Crippen molar-refractivity contribution in [3.05, 3.63) is 39.0 Å². The second kappa shape index (κ2) is 7.93. The Hall–Kier alpha value is -2.31. The number of nitrogens with zero attached hydrogens (tertiary/aromatic N) is 1. The summed E-state index contributed by atoms with van der Waals surface area (Å²) in [6.45, 7) is 9.59. The van der Waals surface area contributed by atoms with Crippen molar-refractivity contribution in [2.24, 2.45) is 5.73 Å². The Morgan fingerprint density at radius 1 is 1.42 bits per heavy atom. The van der Waals surface area contributed by atoms with Crippen LogP contribution in [0.1, 0.15) is 26.2 Å². The number of aromatic nitrogens is 1. The first-order valence-electron chi connectivity index (χ1n) is 9.21. The average molecular weight is 356 g/mol. The molecule has 0 unspecified atom stereocenters. The van der Waals surface area contributed by atoms with Gasteiger partial charge in [0.05, 0.1) is 16.8 Å². The molecule has 0 aliphatic carbocycles. The molecule has 6 nitrogen and oxygen atoms in total. The van der Waals surface area contributed by atoms with Crippen LogP contribution in [0, 0.1) is 0 Å². The van der Waals surface area contributed by atoms with E-state index in [0.29, 0.717) is 16.1 Å². The van der Waals surface area contributed by atoms with Crippen LogP contribution < -0.4 is 27.0 Å². The minimum Gasteiger partial charge on any atom is -0.402 e. The molecule has 1 aromatic carbocycles. The highest BCUT2D eigenvalue weighted by atomic mass is 16.3. The zero-order valence-electron chi connectivity index (χ0n) is 15.3. The Labute approximate surface area is 153 Å². The third-order valence-corrected chi connectivity index (χ3v) is 5.05. The molecule has 0 spiro atoms. The number of likely N-dealkylation sites (tertiary alicyclic amines) is 1. The van der Waals surface area contributed by atoms with E-state index in [1.807, 2.05) is 18.2 Å². The van der Waals surface area contributed by atoms with Crippen molar-refractivity contribution in [1.82, 2.24) is 9.88 Å². The first kappa shape index (κ1) is 18.5. The number of nitrogens with two attached hydrogens (primary N) is 1. The molecule has 140 valence electrons. The summed E-state index contributed by atoms with van der Waals surface area (Å²) in [6, 6.07) is 5.91. The molecular weight excluding hydrogens is 328 g/mol. The Morgan fingerprint density at radius 3 is 2.85 bits per heavy atom. The topological polar surface area (TPSA) is 94.4 Å². The van der Waals surface area contributed by atoms with Crippen LogP contribution >= 0.6 is 0 Å². The van der Waals surface area contributed by atoms with Crippen molar-refractivity contribution in [2.75, 3.05) is 31.5 Å². The molecule has 2 heterocycles. The Balaban J connectivity index is 1.65. The highest BCUT2D eigenvalue weighted by Gasteiger charge is 2.15. The summed E-state index contributed by atoms with van der Waals surface area (Å²) >= 11 is 0. The normalized spacial score (nSPS) is 17.5. The van der Waals surface area contributed by atoms with Crippen LogP contribution in [-0.2, 0) is 0 Å². The summed E-state index contributed by atoms with van der Waals surface area (Å²) in [7, 11) is 0. The molecular formula is C20H28N4O2. The number of aliphatic hydroxyl groups excluding tert-OH is 1. The van der Waals surface area contributed by atoms with Gasteiger partial charge in [0.25, 0.3) is 5.56 Å². The van der Waals surface area contributed by atoms with Crippen LogP contribution in [-0.4, -0.2) is 47.3 Å². The second-order valence-corrected chi connectivity index (χ2v) is 7.10.